The number of piperidine rings is 1. The molecule has 0 saturated carbocycles. The molecule has 24 heavy (non-hydrogen) atoms. The molecule has 0 aliphatic carbocycles. The molecule has 1 aliphatic heterocycles. The van der Waals surface area contributed by atoms with Gasteiger partial charge in [-0.3, -0.25) is 4.99 Å². The zero-order chi connectivity index (χ0) is 17.1. The van der Waals surface area contributed by atoms with E-state index in [4.69, 9.17) is 0 Å². The van der Waals surface area contributed by atoms with Gasteiger partial charge in [0.15, 0.2) is 5.96 Å². The molecular weight excluding hydrogens is 441 g/mol. The molecule has 0 radical (unpaired) electrons. The Bertz CT molecular complexity index is 451. The van der Waals surface area contributed by atoms with Crippen LogP contribution >= 0.6 is 24.0 Å². The van der Waals surface area contributed by atoms with Gasteiger partial charge >= 0.3 is 0 Å². The number of aliphatic imine (C=N–C) groups is 1. The predicted octanol–water partition coefficient (Wildman–Crippen LogP) is 0.973. The topological polar surface area (TPSA) is 85.8 Å². The zero-order valence-electron chi connectivity index (χ0n) is 15.2. The number of hydrogen-bond acceptors (Lipinski definition) is 4. The first kappa shape index (κ1) is 23.9. The molecule has 1 rings (SSSR count). The van der Waals surface area contributed by atoms with Gasteiger partial charge in [0.2, 0.25) is 10.0 Å². The van der Waals surface area contributed by atoms with Crippen LogP contribution in [0.1, 0.15) is 39.5 Å². The number of likely N-dealkylation sites (tertiary alicyclic amines) is 1. The van der Waals surface area contributed by atoms with Crippen molar-refractivity contribution in [2.24, 2.45) is 4.99 Å². The van der Waals surface area contributed by atoms with Crippen LogP contribution in [0.25, 0.3) is 0 Å². The Hall–Kier alpha value is -0.130. The van der Waals surface area contributed by atoms with Crippen molar-refractivity contribution in [2.75, 3.05) is 45.5 Å². The average Bonchev–Trinajstić information content (AvgIpc) is 2.48. The SMILES string of the molecule is CCCN1CCC(NC(=NCCCNS(C)(=O)=O)NCC)CC1.I. The van der Waals surface area contributed by atoms with E-state index < -0.39 is 10.0 Å². The van der Waals surface area contributed by atoms with E-state index in [9.17, 15) is 8.42 Å². The van der Waals surface area contributed by atoms with Gasteiger partial charge in [-0.25, -0.2) is 13.1 Å². The lowest BCUT2D eigenvalue weighted by Gasteiger charge is -2.32. The molecule has 144 valence electrons. The van der Waals surface area contributed by atoms with Crippen molar-refractivity contribution in [2.45, 2.75) is 45.6 Å². The minimum Gasteiger partial charge on any atom is -0.357 e. The number of guanidine groups is 1. The summed E-state index contributed by atoms with van der Waals surface area (Å²) in [6, 6.07) is 0.468. The van der Waals surface area contributed by atoms with Crippen molar-refractivity contribution in [3.05, 3.63) is 0 Å². The van der Waals surface area contributed by atoms with Crippen LogP contribution in [-0.2, 0) is 10.0 Å². The first-order valence-corrected chi connectivity index (χ1v) is 10.6. The smallest absolute Gasteiger partial charge is 0.208 e. The molecule has 7 nitrogen and oxygen atoms in total. The Balaban J connectivity index is 0.00000529. The summed E-state index contributed by atoms with van der Waals surface area (Å²) in [5, 5.41) is 6.76. The van der Waals surface area contributed by atoms with Gasteiger partial charge in [0.05, 0.1) is 6.26 Å². The van der Waals surface area contributed by atoms with Crippen LogP contribution in [0.3, 0.4) is 0 Å². The second-order valence-corrected chi connectivity index (χ2v) is 7.87. The largest absolute Gasteiger partial charge is 0.357 e. The van der Waals surface area contributed by atoms with Gasteiger partial charge in [-0.1, -0.05) is 6.92 Å². The summed E-state index contributed by atoms with van der Waals surface area (Å²) in [5.41, 5.74) is 0. The van der Waals surface area contributed by atoms with E-state index in [-0.39, 0.29) is 24.0 Å². The third kappa shape index (κ3) is 11.4. The standard InChI is InChI=1S/C15H33N5O2S.HI/c1-4-11-20-12-7-14(8-13-20)19-15(16-5-2)17-9-6-10-18-23(3,21)22;/h14,18H,4-13H2,1-3H3,(H2,16,17,19);1H. The molecule has 0 unspecified atom stereocenters. The maximum Gasteiger partial charge on any atom is 0.208 e. The van der Waals surface area contributed by atoms with E-state index in [1.54, 1.807) is 0 Å². The number of nitrogens with zero attached hydrogens (tertiary/aromatic N) is 2. The van der Waals surface area contributed by atoms with Crippen LogP contribution in [0, 0.1) is 0 Å². The fraction of sp³-hybridized carbons (Fsp3) is 0.933. The maximum atomic E-state index is 11.0. The first-order chi connectivity index (χ1) is 10.9. The third-order valence-electron chi connectivity index (χ3n) is 3.78. The number of hydrogen-bond donors (Lipinski definition) is 3. The van der Waals surface area contributed by atoms with Crippen LogP contribution in [0.5, 0.6) is 0 Å². The second-order valence-electron chi connectivity index (χ2n) is 6.04. The molecule has 1 heterocycles. The number of nitrogens with one attached hydrogen (secondary N) is 3. The maximum absolute atomic E-state index is 11.0. The summed E-state index contributed by atoms with van der Waals surface area (Å²) in [5.74, 6) is 0.834. The van der Waals surface area contributed by atoms with Gasteiger partial charge in [-0.05, 0) is 39.2 Å². The number of rotatable bonds is 9. The highest BCUT2D eigenvalue weighted by Gasteiger charge is 2.19. The van der Waals surface area contributed by atoms with Crippen molar-refractivity contribution in [1.29, 1.82) is 0 Å². The van der Waals surface area contributed by atoms with E-state index in [0.717, 1.165) is 38.4 Å². The second kappa shape index (κ2) is 13.1. The predicted molar refractivity (Wildman–Crippen MR) is 112 cm³/mol. The van der Waals surface area contributed by atoms with Gasteiger partial charge in [0.25, 0.3) is 0 Å². The Morgan fingerprint density at radius 2 is 1.92 bits per heavy atom. The Labute approximate surface area is 164 Å². The van der Waals surface area contributed by atoms with Crippen LogP contribution in [-0.4, -0.2) is 70.8 Å². The summed E-state index contributed by atoms with van der Waals surface area (Å²) < 4.78 is 24.5. The van der Waals surface area contributed by atoms with Gasteiger partial charge in [-0.15, -0.1) is 24.0 Å². The first-order valence-electron chi connectivity index (χ1n) is 8.66. The summed E-state index contributed by atoms with van der Waals surface area (Å²) >= 11 is 0. The van der Waals surface area contributed by atoms with Gasteiger partial charge in [0, 0.05) is 38.8 Å². The minimum atomic E-state index is -3.10. The lowest BCUT2D eigenvalue weighted by atomic mass is 10.1. The average molecular weight is 475 g/mol. The third-order valence-corrected chi connectivity index (χ3v) is 4.51. The molecular formula is C15H34IN5O2S. The van der Waals surface area contributed by atoms with E-state index in [1.165, 1.54) is 19.2 Å². The van der Waals surface area contributed by atoms with Gasteiger partial charge < -0.3 is 15.5 Å². The molecule has 3 N–H and O–H groups in total. The Morgan fingerprint density at radius 1 is 1.25 bits per heavy atom. The zero-order valence-corrected chi connectivity index (χ0v) is 18.3. The molecule has 1 saturated heterocycles. The molecule has 0 bridgehead atoms. The summed E-state index contributed by atoms with van der Waals surface area (Å²) in [7, 11) is -3.10. The van der Waals surface area contributed by atoms with E-state index in [2.05, 4.69) is 32.2 Å². The summed E-state index contributed by atoms with van der Waals surface area (Å²) in [4.78, 5) is 7.04. The summed E-state index contributed by atoms with van der Waals surface area (Å²) in [6.45, 7) is 9.59. The van der Waals surface area contributed by atoms with E-state index in [1.807, 2.05) is 6.92 Å². The highest BCUT2D eigenvalue weighted by Crippen LogP contribution is 2.10. The number of sulfonamides is 1. The molecule has 1 fully saturated rings. The summed E-state index contributed by atoms with van der Waals surface area (Å²) in [6.07, 6.45) is 5.36. The van der Waals surface area contributed by atoms with E-state index in [0.29, 0.717) is 25.6 Å². The van der Waals surface area contributed by atoms with Crippen molar-refractivity contribution < 1.29 is 8.42 Å². The fourth-order valence-electron chi connectivity index (χ4n) is 2.66. The fourth-order valence-corrected chi connectivity index (χ4v) is 3.17. The van der Waals surface area contributed by atoms with Crippen molar-refractivity contribution in [3.8, 4) is 0 Å². The van der Waals surface area contributed by atoms with Crippen molar-refractivity contribution >= 4 is 40.0 Å². The highest BCUT2D eigenvalue weighted by atomic mass is 127. The monoisotopic (exact) mass is 475 g/mol. The molecule has 0 aromatic rings. The van der Waals surface area contributed by atoms with E-state index >= 15 is 0 Å². The number of halogens is 1. The molecule has 1 aliphatic rings. The lowest BCUT2D eigenvalue weighted by molar-refractivity contribution is 0.206. The molecule has 0 spiro atoms. The Kier molecular flexibility index (Phi) is 13.1. The molecule has 0 aromatic heterocycles. The van der Waals surface area contributed by atoms with Crippen molar-refractivity contribution in [1.82, 2.24) is 20.3 Å². The van der Waals surface area contributed by atoms with Gasteiger partial charge in [-0.2, -0.15) is 0 Å². The molecule has 0 atom stereocenters. The van der Waals surface area contributed by atoms with Crippen LogP contribution in [0.4, 0.5) is 0 Å². The van der Waals surface area contributed by atoms with Crippen LogP contribution in [0.15, 0.2) is 4.99 Å². The Morgan fingerprint density at radius 3 is 2.46 bits per heavy atom. The molecule has 9 heteroatoms. The molecule has 0 aromatic carbocycles. The highest BCUT2D eigenvalue weighted by molar-refractivity contribution is 14.0. The lowest BCUT2D eigenvalue weighted by Crippen LogP contribution is -2.48. The minimum absolute atomic E-state index is 0. The van der Waals surface area contributed by atoms with Crippen molar-refractivity contribution in [3.63, 3.8) is 0 Å². The van der Waals surface area contributed by atoms with Crippen LogP contribution < -0.4 is 15.4 Å². The van der Waals surface area contributed by atoms with Crippen LogP contribution in [0.2, 0.25) is 0 Å². The molecule has 0 amide bonds. The van der Waals surface area contributed by atoms with Gasteiger partial charge in [0.1, 0.15) is 0 Å². The quantitative estimate of drug-likeness (QED) is 0.200. The normalized spacial score (nSPS) is 17.4.